The van der Waals surface area contributed by atoms with Crippen LogP contribution in [-0.2, 0) is 14.8 Å². The molecule has 1 aliphatic rings. The molecule has 1 saturated heterocycles. The molecule has 1 N–H and O–H groups in total. The first-order valence-electron chi connectivity index (χ1n) is 6.07. The Bertz CT molecular complexity index is 339. The molecule has 0 aromatic carbocycles. The maximum absolute atomic E-state index is 12.1. The van der Waals surface area contributed by atoms with Gasteiger partial charge in [-0.1, -0.05) is 0 Å². The molecule has 1 aliphatic heterocycles. The minimum Gasteiger partial charge on any atom is -0.378 e. The average Bonchev–Trinajstić information content (AvgIpc) is 2.15. The topological polar surface area (TPSA) is 58.6 Å². The Morgan fingerprint density at radius 3 is 2.59 bits per heavy atom. The third kappa shape index (κ3) is 4.91. The molecule has 0 bridgehead atoms. The molecule has 0 spiro atoms. The first kappa shape index (κ1) is 14.9. The van der Waals surface area contributed by atoms with Crippen LogP contribution in [0.1, 0.15) is 27.7 Å². The van der Waals surface area contributed by atoms with Gasteiger partial charge < -0.3 is 10.1 Å². The van der Waals surface area contributed by atoms with E-state index in [0.717, 1.165) is 0 Å². The maximum Gasteiger partial charge on any atom is 0.216 e. The number of ether oxygens (including phenoxy) is 1. The molecule has 0 atom stereocenters. The molecule has 0 aromatic rings. The fraction of sp³-hybridized carbons (Fsp3) is 1.00. The Hall–Kier alpha value is -0.170. The molecule has 0 radical (unpaired) electrons. The second kappa shape index (κ2) is 5.65. The van der Waals surface area contributed by atoms with Crippen molar-refractivity contribution in [3.05, 3.63) is 0 Å². The zero-order chi connectivity index (χ0) is 13.1. The fourth-order valence-corrected chi connectivity index (χ4v) is 3.30. The molecule has 1 heterocycles. The smallest absolute Gasteiger partial charge is 0.216 e. The van der Waals surface area contributed by atoms with E-state index in [1.54, 1.807) is 4.31 Å². The van der Waals surface area contributed by atoms with Crippen molar-refractivity contribution in [2.24, 2.45) is 0 Å². The quantitative estimate of drug-likeness (QED) is 0.782. The molecule has 0 saturated carbocycles. The second-order valence-corrected chi connectivity index (χ2v) is 7.47. The van der Waals surface area contributed by atoms with Gasteiger partial charge in [-0.25, -0.2) is 8.42 Å². The van der Waals surface area contributed by atoms with E-state index in [9.17, 15) is 8.42 Å². The number of sulfonamides is 1. The highest BCUT2D eigenvalue weighted by atomic mass is 32.2. The van der Waals surface area contributed by atoms with E-state index < -0.39 is 10.0 Å². The third-order valence-electron chi connectivity index (χ3n) is 2.72. The first-order valence-corrected chi connectivity index (χ1v) is 7.68. The van der Waals surface area contributed by atoms with Crippen molar-refractivity contribution in [1.82, 2.24) is 9.62 Å². The van der Waals surface area contributed by atoms with Crippen LogP contribution in [0.2, 0.25) is 0 Å². The first-order chi connectivity index (χ1) is 7.73. The number of piperazine rings is 1. The molecular weight excluding hydrogens is 240 g/mol. The van der Waals surface area contributed by atoms with Crippen LogP contribution < -0.4 is 5.32 Å². The van der Waals surface area contributed by atoms with Crippen molar-refractivity contribution in [3.63, 3.8) is 0 Å². The summed E-state index contributed by atoms with van der Waals surface area (Å²) in [5, 5.41) is 3.30. The highest BCUT2D eigenvalue weighted by Gasteiger charge is 2.32. The summed E-state index contributed by atoms with van der Waals surface area (Å²) < 4.78 is 31.0. The lowest BCUT2D eigenvalue weighted by molar-refractivity contribution is 0.0903. The summed E-state index contributed by atoms with van der Waals surface area (Å²) in [7, 11) is -3.18. The Morgan fingerprint density at radius 2 is 2.06 bits per heavy atom. The molecule has 1 rings (SSSR count). The zero-order valence-electron chi connectivity index (χ0n) is 11.2. The lowest BCUT2D eigenvalue weighted by Gasteiger charge is -2.38. The summed E-state index contributed by atoms with van der Waals surface area (Å²) in [6.45, 7) is 9.88. The van der Waals surface area contributed by atoms with Crippen molar-refractivity contribution >= 4 is 10.0 Å². The van der Waals surface area contributed by atoms with Crippen molar-refractivity contribution < 1.29 is 13.2 Å². The molecule has 0 aliphatic carbocycles. The van der Waals surface area contributed by atoms with Gasteiger partial charge in [-0.3, -0.25) is 0 Å². The number of hydrogen-bond acceptors (Lipinski definition) is 4. The minimum absolute atomic E-state index is 0.0707. The fourth-order valence-electron chi connectivity index (χ4n) is 1.85. The van der Waals surface area contributed by atoms with Crippen LogP contribution in [0.3, 0.4) is 0 Å². The van der Waals surface area contributed by atoms with Crippen LogP contribution in [0.25, 0.3) is 0 Å². The number of rotatable bonds is 5. The number of nitrogens with zero attached hydrogens (tertiary/aromatic N) is 1. The summed E-state index contributed by atoms with van der Waals surface area (Å²) in [5.74, 6) is 0.0707. The molecule has 1 fully saturated rings. The zero-order valence-corrected chi connectivity index (χ0v) is 12.0. The highest BCUT2D eigenvalue weighted by molar-refractivity contribution is 7.89. The monoisotopic (exact) mass is 264 g/mol. The molecule has 6 heteroatoms. The van der Waals surface area contributed by atoms with Crippen LogP contribution in [0.5, 0.6) is 0 Å². The van der Waals surface area contributed by atoms with Gasteiger partial charge in [-0.2, -0.15) is 4.31 Å². The largest absolute Gasteiger partial charge is 0.378 e. The Balaban J connectivity index is 2.52. The Kier molecular flexibility index (Phi) is 4.95. The van der Waals surface area contributed by atoms with Gasteiger partial charge >= 0.3 is 0 Å². The van der Waals surface area contributed by atoms with Gasteiger partial charge in [0.25, 0.3) is 0 Å². The van der Waals surface area contributed by atoms with E-state index >= 15 is 0 Å². The van der Waals surface area contributed by atoms with Crippen LogP contribution in [0, 0.1) is 0 Å². The Morgan fingerprint density at radius 1 is 1.41 bits per heavy atom. The van der Waals surface area contributed by atoms with Crippen LogP contribution >= 0.6 is 0 Å². The van der Waals surface area contributed by atoms with Crippen molar-refractivity contribution in [1.29, 1.82) is 0 Å². The predicted octanol–water partition coefficient (Wildman–Crippen LogP) is 0.425. The summed E-state index contributed by atoms with van der Waals surface area (Å²) in [4.78, 5) is 0. The third-order valence-corrected chi connectivity index (χ3v) is 4.50. The summed E-state index contributed by atoms with van der Waals surface area (Å²) in [5.41, 5.74) is -0.149. The van der Waals surface area contributed by atoms with Gasteiger partial charge in [0.15, 0.2) is 0 Å². The van der Waals surface area contributed by atoms with Crippen LogP contribution in [0.15, 0.2) is 0 Å². The van der Waals surface area contributed by atoms with E-state index in [-0.39, 0.29) is 24.0 Å². The van der Waals surface area contributed by atoms with E-state index in [2.05, 4.69) is 5.32 Å². The average molecular weight is 264 g/mol. The van der Waals surface area contributed by atoms with E-state index in [0.29, 0.717) is 19.6 Å². The molecule has 0 unspecified atom stereocenters. The molecule has 102 valence electrons. The van der Waals surface area contributed by atoms with Crippen molar-refractivity contribution in [2.75, 3.05) is 32.0 Å². The SMILES string of the molecule is CC(C)OCCS(=O)(=O)N1CCNC(C)(C)C1. The summed E-state index contributed by atoms with van der Waals surface area (Å²) in [6, 6.07) is 0. The van der Waals surface area contributed by atoms with Gasteiger partial charge in [0.05, 0.1) is 18.5 Å². The minimum atomic E-state index is -3.18. The van der Waals surface area contributed by atoms with Crippen LogP contribution in [0.4, 0.5) is 0 Å². The summed E-state index contributed by atoms with van der Waals surface area (Å²) >= 11 is 0. The molecule has 0 aromatic heterocycles. The van der Waals surface area contributed by atoms with Gasteiger partial charge in [0.1, 0.15) is 0 Å². The highest BCUT2D eigenvalue weighted by Crippen LogP contribution is 2.14. The van der Waals surface area contributed by atoms with E-state index in [1.807, 2.05) is 27.7 Å². The van der Waals surface area contributed by atoms with Crippen molar-refractivity contribution in [3.8, 4) is 0 Å². The lowest BCUT2D eigenvalue weighted by atomic mass is 10.0. The molecular formula is C11H24N2O3S. The standard InChI is InChI=1S/C11H24N2O3S/c1-10(2)16-7-8-17(14,15)13-6-5-12-11(3,4)9-13/h10,12H,5-9H2,1-4H3. The van der Waals surface area contributed by atoms with Gasteiger partial charge in [0, 0.05) is 25.2 Å². The normalized spacial score (nSPS) is 21.9. The van der Waals surface area contributed by atoms with Crippen molar-refractivity contribution in [2.45, 2.75) is 39.3 Å². The molecule has 17 heavy (non-hydrogen) atoms. The van der Waals surface area contributed by atoms with Gasteiger partial charge in [-0.05, 0) is 27.7 Å². The van der Waals surface area contributed by atoms with Gasteiger partial charge in [0.2, 0.25) is 10.0 Å². The second-order valence-electron chi connectivity index (χ2n) is 5.38. The number of nitrogens with one attached hydrogen (secondary N) is 1. The predicted molar refractivity (Wildman–Crippen MR) is 68.5 cm³/mol. The van der Waals surface area contributed by atoms with Crippen LogP contribution in [-0.4, -0.2) is 56.4 Å². The lowest BCUT2D eigenvalue weighted by Crippen LogP contribution is -2.58. The van der Waals surface area contributed by atoms with E-state index in [4.69, 9.17) is 4.74 Å². The Labute approximate surface area is 105 Å². The molecule has 0 amide bonds. The van der Waals surface area contributed by atoms with Gasteiger partial charge in [-0.15, -0.1) is 0 Å². The maximum atomic E-state index is 12.1. The summed E-state index contributed by atoms with van der Waals surface area (Å²) in [6.07, 6.45) is 0.0738. The van der Waals surface area contributed by atoms with E-state index in [1.165, 1.54) is 0 Å². The number of hydrogen-bond donors (Lipinski definition) is 1. The molecule has 5 nitrogen and oxygen atoms in total.